The third kappa shape index (κ3) is 2.34. The monoisotopic (exact) mass is 369 g/mol. The van der Waals surface area contributed by atoms with Crippen LogP contribution in [0.1, 0.15) is 33.3 Å². The molecule has 1 heterocycles. The van der Waals surface area contributed by atoms with E-state index in [1.807, 2.05) is 0 Å². The van der Waals surface area contributed by atoms with Crippen molar-refractivity contribution in [3.05, 3.63) is 39.5 Å². The van der Waals surface area contributed by atoms with Crippen LogP contribution in [0.5, 0.6) is 0 Å². The summed E-state index contributed by atoms with van der Waals surface area (Å²) in [6, 6.07) is 5.17. The lowest BCUT2D eigenvalue weighted by Gasteiger charge is -2.12. The highest BCUT2D eigenvalue weighted by Crippen LogP contribution is 2.40. The highest BCUT2D eigenvalue weighted by atomic mass is 79.9. The summed E-state index contributed by atoms with van der Waals surface area (Å²) in [5.41, 5.74) is 1.61. The van der Waals surface area contributed by atoms with E-state index in [0.29, 0.717) is 35.0 Å². The molecule has 1 aliphatic carbocycles. The van der Waals surface area contributed by atoms with Gasteiger partial charge in [0.2, 0.25) is 0 Å². The summed E-state index contributed by atoms with van der Waals surface area (Å²) in [5, 5.41) is 9.36. The van der Waals surface area contributed by atoms with Gasteiger partial charge in [-0.3, -0.25) is 4.98 Å². The summed E-state index contributed by atoms with van der Waals surface area (Å²) in [5.74, 6) is -1.05. The van der Waals surface area contributed by atoms with Crippen LogP contribution in [0.4, 0.5) is 0 Å². The topological polar surface area (TPSA) is 84.3 Å². The van der Waals surface area contributed by atoms with Crippen LogP contribution in [0.3, 0.4) is 0 Å². The lowest BCUT2D eigenvalue weighted by atomic mass is 10.0. The highest BCUT2D eigenvalue weighted by Gasteiger charge is 2.35. The largest absolute Gasteiger partial charge is 0.478 e. The van der Waals surface area contributed by atoms with E-state index in [4.69, 9.17) is 0 Å². The van der Waals surface area contributed by atoms with Crippen molar-refractivity contribution in [2.24, 2.45) is 0 Å². The Balaban J connectivity index is 2.40. The van der Waals surface area contributed by atoms with Crippen molar-refractivity contribution in [2.45, 2.75) is 18.1 Å². The quantitative estimate of drug-likeness (QED) is 0.879. The molecule has 5 nitrogen and oxygen atoms in total. The molecule has 0 aliphatic heterocycles. The third-order valence-electron chi connectivity index (χ3n) is 3.77. The summed E-state index contributed by atoms with van der Waals surface area (Å²) in [4.78, 5) is 16.1. The van der Waals surface area contributed by atoms with Crippen LogP contribution < -0.4 is 0 Å². The van der Waals surface area contributed by atoms with E-state index < -0.39 is 21.1 Å². The number of pyridine rings is 1. The zero-order valence-electron chi connectivity index (χ0n) is 11.1. The summed E-state index contributed by atoms with van der Waals surface area (Å²) in [6.07, 6.45) is 1.98. The molecule has 1 atom stereocenters. The first kappa shape index (κ1) is 14.5. The number of aromatic carboxylic acids is 1. The molecule has 0 radical (unpaired) electrons. The maximum atomic E-state index is 11.9. The lowest BCUT2D eigenvalue weighted by Crippen LogP contribution is -2.11. The molecule has 21 heavy (non-hydrogen) atoms. The van der Waals surface area contributed by atoms with E-state index in [1.54, 1.807) is 18.2 Å². The first-order chi connectivity index (χ1) is 9.79. The Morgan fingerprint density at radius 1 is 1.43 bits per heavy atom. The van der Waals surface area contributed by atoms with Crippen LogP contribution in [0.25, 0.3) is 10.9 Å². The molecule has 2 aromatic rings. The van der Waals surface area contributed by atoms with Gasteiger partial charge in [-0.25, -0.2) is 13.2 Å². The summed E-state index contributed by atoms with van der Waals surface area (Å²) in [7, 11) is -3.30. The van der Waals surface area contributed by atoms with Gasteiger partial charge in [0.05, 0.1) is 16.8 Å². The van der Waals surface area contributed by atoms with Crippen molar-refractivity contribution in [3.8, 4) is 0 Å². The molecule has 0 spiro atoms. The average molecular weight is 370 g/mol. The smallest absolute Gasteiger partial charge is 0.336 e. The minimum absolute atomic E-state index is 0.169. The number of aromatic nitrogens is 1. The van der Waals surface area contributed by atoms with Gasteiger partial charge in [0, 0.05) is 16.1 Å². The first-order valence-electron chi connectivity index (χ1n) is 6.33. The van der Waals surface area contributed by atoms with Crippen LogP contribution in [0, 0.1) is 0 Å². The van der Waals surface area contributed by atoms with Gasteiger partial charge in [-0.2, -0.15) is 0 Å². The number of hydrogen-bond acceptors (Lipinski definition) is 4. The second-order valence-electron chi connectivity index (χ2n) is 5.17. The van der Waals surface area contributed by atoms with E-state index in [9.17, 15) is 18.3 Å². The summed E-state index contributed by atoms with van der Waals surface area (Å²) >= 11 is 3.32. The molecule has 110 valence electrons. The fourth-order valence-corrected chi connectivity index (χ4v) is 4.39. The maximum Gasteiger partial charge on any atom is 0.336 e. The van der Waals surface area contributed by atoms with E-state index >= 15 is 0 Å². The number of rotatable bonds is 2. The molecule has 1 aromatic carbocycles. The molecule has 0 saturated carbocycles. The second kappa shape index (κ2) is 4.78. The Morgan fingerprint density at radius 2 is 2.14 bits per heavy atom. The van der Waals surface area contributed by atoms with Gasteiger partial charge in [-0.05, 0) is 36.6 Å². The number of carboxylic acid groups (broad SMARTS) is 1. The van der Waals surface area contributed by atoms with Crippen molar-refractivity contribution >= 4 is 42.6 Å². The van der Waals surface area contributed by atoms with Crippen molar-refractivity contribution in [1.82, 2.24) is 4.98 Å². The van der Waals surface area contributed by atoms with E-state index in [2.05, 4.69) is 20.9 Å². The third-order valence-corrected chi connectivity index (χ3v) is 5.76. The molecule has 0 saturated heterocycles. The first-order valence-corrected chi connectivity index (χ1v) is 9.08. The van der Waals surface area contributed by atoms with Gasteiger partial charge in [0.25, 0.3) is 0 Å². The number of halogens is 1. The standard InChI is InChI=1S/C14H12BrNO4S/c1-21(19,20)11-5-3-8-12(14(17)18)9-6-7(15)2-4-10(9)16-13(8)11/h2,4,6,11H,3,5H2,1H3,(H,17,18). The molecule has 1 unspecified atom stereocenters. The fourth-order valence-electron chi connectivity index (χ4n) is 2.89. The lowest BCUT2D eigenvalue weighted by molar-refractivity contribution is 0.0698. The zero-order valence-corrected chi connectivity index (χ0v) is 13.5. The van der Waals surface area contributed by atoms with Crippen molar-refractivity contribution in [2.75, 3.05) is 6.26 Å². The van der Waals surface area contributed by atoms with E-state index in [0.717, 1.165) is 4.47 Å². The minimum Gasteiger partial charge on any atom is -0.478 e. The van der Waals surface area contributed by atoms with Crippen LogP contribution in [0.2, 0.25) is 0 Å². The van der Waals surface area contributed by atoms with Gasteiger partial charge in [-0.15, -0.1) is 0 Å². The van der Waals surface area contributed by atoms with Gasteiger partial charge in [-0.1, -0.05) is 15.9 Å². The molecular weight excluding hydrogens is 358 g/mol. The minimum atomic E-state index is -3.30. The molecule has 1 aromatic heterocycles. The molecule has 0 amide bonds. The number of hydrogen-bond donors (Lipinski definition) is 1. The molecule has 3 rings (SSSR count). The average Bonchev–Trinajstić information content (AvgIpc) is 2.78. The predicted octanol–water partition coefficient (Wildman–Crippen LogP) is 2.73. The fraction of sp³-hybridized carbons (Fsp3) is 0.286. The number of carbonyl (C=O) groups is 1. The number of sulfone groups is 1. The number of fused-ring (bicyclic) bond motifs is 2. The molecule has 0 bridgehead atoms. The van der Waals surface area contributed by atoms with Crippen LogP contribution in [0.15, 0.2) is 22.7 Å². The molecular formula is C14H12BrNO4S. The summed E-state index contributed by atoms with van der Waals surface area (Å²) in [6.45, 7) is 0. The Bertz CT molecular complexity index is 876. The Kier molecular flexibility index (Phi) is 3.29. The van der Waals surface area contributed by atoms with Crippen LogP contribution in [-0.2, 0) is 16.3 Å². The number of nitrogens with zero attached hydrogens (tertiary/aromatic N) is 1. The zero-order chi connectivity index (χ0) is 15.4. The van der Waals surface area contributed by atoms with Crippen molar-refractivity contribution in [1.29, 1.82) is 0 Å². The van der Waals surface area contributed by atoms with Gasteiger partial charge >= 0.3 is 5.97 Å². The van der Waals surface area contributed by atoms with Gasteiger partial charge in [0.15, 0.2) is 9.84 Å². The number of carboxylic acids is 1. The van der Waals surface area contributed by atoms with E-state index in [1.165, 1.54) is 6.26 Å². The summed E-state index contributed by atoms with van der Waals surface area (Å²) < 4.78 is 24.5. The SMILES string of the molecule is CS(=O)(=O)C1CCc2c1nc1ccc(Br)cc1c2C(=O)O. The molecule has 0 fully saturated rings. The van der Waals surface area contributed by atoms with Gasteiger partial charge in [0.1, 0.15) is 5.25 Å². The number of benzene rings is 1. The molecule has 1 aliphatic rings. The Labute approximate surface area is 130 Å². The van der Waals surface area contributed by atoms with Crippen LogP contribution in [-0.4, -0.2) is 30.7 Å². The maximum absolute atomic E-state index is 11.9. The van der Waals surface area contributed by atoms with Gasteiger partial charge < -0.3 is 5.11 Å². The second-order valence-corrected chi connectivity index (χ2v) is 8.32. The van der Waals surface area contributed by atoms with Crippen LogP contribution >= 0.6 is 15.9 Å². The highest BCUT2D eigenvalue weighted by molar-refractivity contribution is 9.10. The van der Waals surface area contributed by atoms with Crippen molar-refractivity contribution in [3.63, 3.8) is 0 Å². The Morgan fingerprint density at radius 3 is 2.76 bits per heavy atom. The van der Waals surface area contributed by atoms with Crippen molar-refractivity contribution < 1.29 is 18.3 Å². The molecule has 1 N–H and O–H groups in total. The molecule has 7 heteroatoms. The van der Waals surface area contributed by atoms with E-state index in [-0.39, 0.29) is 5.56 Å². The Hall–Kier alpha value is -1.47. The normalized spacial score (nSPS) is 17.9. The predicted molar refractivity (Wildman–Crippen MR) is 82.3 cm³/mol.